The summed E-state index contributed by atoms with van der Waals surface area (Å²) in [6, 6.07) is 9.14. The van der Waals surface area contributed by atoms with Gasteiger partial charge in [0.25, 0.3) is 0 Å². The number of aldehydes is 2. The first-order chi connectivity index (χ1) is 10.1. The molecule has 0 N–H and O–H groups in total. The molecule has 0 aromatic heterocycles. The predicted molar refractivity (Wildman–Crippen MR) is 80.7 cm³/mol. The SMILES string of the molecule is O=Cc1ccc(Cl)c(O[B]Oc2cc(C=O)ccc2Cl)c1. The van der Waals surface area contributed by atoms with Crippen LogP contribution in [-0.4, -0.2) is 20.3 Å². The lowest BCUT2D eigenvalue weighted by molar-refractivity contribution is 0.111. The van der Waals surface area contributed by atoms with Gasteiger partial charge in [-0.3, -0.25) is 9.59 Å². The van der Waals surface area contributed by atoms with Crippen molar-refractivity contribution in [1.29, 1.82) is 0 Å². The van der Waals surface area contributed by atoms with E-state index in [9.17, 15) is 9.59 Å². The molecule has 0 saturated heterocycles. The summed E-state index contributed by atoms with van der Waals surface area (Å²) >= 11 is 11.9. The highest BCUT2D eigenvalue weighted by molar-refractivity contribution is 6.34. The molecule has 0 aliphatic heterocycles. The van der Waals surface area contributed by atoms with Crippen molar-refractivity contribution >= 4 is 43.5 Å². The maximum absolute atomic E-state index is 10.7. The average Bonchev–Trinajstić information content (AvgIpc) is 2.51. The van der Waals surface area contributed by atoms with Crippen LogP contribution in [-0.2, 0) is 0 Å². The van der Waals surface area contributed by atoms with Crippen molar-refractivity contribution in [2.75, 3.05) is 0 Å². The lowest BCUT2D eigenvalue weighted by Crippen LogP contribution is -2.11. The van der Waals surface area contributed by atoms with Gasteiger partial charge >= 0.3 is 7.69 Å². The van der Waals surface area contributed by atoms with Crippen LogP contribution in [0.4, 0.5) is 0 Å². The molecule has 21 heavy (non-hydrogen) atoms. The van der Waals surface area contributed by atoms with Crippen LogP contribution < -0.4 is 9.31 Å². The molecular formula is C14H8BCl2O4. The molecule has 0 saturated carbocycles. The largest absolute Gasteiger partial charge is 0.658 e. The van der Waals surface area contributed by atoms with E-state index in [0.717, 1.165) is 7.69 Å². The second kappa shape index (κ2) is 7.15. The van der Waals surface area contributed by atoms with Gasteiger partial charge in [0.1, 0.15) is 24.1 Å². The lowest BCUT2D eigenvalue weighted by atomic mass is 10.2. The summed E-state index contributed by atoms with van der Waals surface area (Å²) in [5.41, 5.74) is 0.840. The van der Waals surface area contributed by atoms with Crippen molar-refractivity contribution in [3.05, 3.63) is 57.6 Å². The zero-order valence-electron chi connectivity index (χ0n) is 10.6. The van der Waals surface area contributed by atoms with Crippen LogP contribution in [0.15, 0.2) is 36.4 Å². The molecule has 0 spiro atoms. The third-order valence-electron chi connectivity index (χ3n) is 2.53. The molecule has 2 rings (SSSR count). The summed E-state index contributed by atoms with van der Waals surface area (Å²) in [6.07, 6.45) is 1.35. The molecule has 0 aliphatic rings. The Morgan fingerprint density at radius 3 is 1.62 bits per heavy atom. The Balaban J connectivity index is 2.04. The van der Waals surface area contributed by atoms with Gasteiger partial charge < -0.3 is 9.31 Å². The van der Waals surface area contributed by atoms with Gasteiger partial charge in [0.05, 0.1) is 10.0 Å². The quantitative estimate of drug-likeness (QED) is 0.602. The molecule has 2 aromatic rings. The molecule has 0 amide bonds. The zero-order chi connectivity index (χ0) is 15.2. The van der Waals surface area contributed by atoms with Crippen molar-refractivity contribution in [2.45, 2.75) is 0 Å². The number of rotatable bonds is 6. The predicted octanol–water partition coefficient (Wildman–Crippen LogP) is 3.61. The van der Waals surface area contributed by atoms with Crippen LogP contribution >= 0.6 is 23.2 Å². The van der Waals surface area contributed by atoms with Gasteiger partial charge in [0, 0.05) is 11.1 Å². The summed E-state index contributed by atoms with van der Waals surface area (Å²) in [5.74, 6) is 0.535. The molecule has 7 heteroatoms. The average molecular weight is 322 g/mol. The zero-order valence-corrected chi connectivity index (χ0v) is 12.1. The number of carbonyl (C=O) groups excluding carboxylic acids is 2. The van der Waals surface area contributed by atoms with Crippen molar-refractivity contribution in [3.63, 3.8) is 0 Å². The van der Waals surface area contributed by atoms with E-state index in [1.54, 1.807) is 12.1 Å². The number of halogens is 2. The van der Waals surface area contributed by atoms with Gasteiger partial charge in [-0.05, 0) is 36.4 Å². The highest BCUT2D eigenvalue weighted by Crippen LogP contribution is 2.27. The maximum atomic E-state index is 10.7. The number of hydrogen-bond donors (Lipinski definition) is 0. The molecule has 0 heterocycles. The molecule has 0 fully saturated rings. The van der Waals surface area contributed by atoms with E-state index < -0.39 is 0 Å². The Morgan fingerprint density at radius 2 is 1.24 bits per heavy atom. The Hall–Kier alpha value is -1.98. The maximum Gasteiger partial charge on any atom is 0.658 e. The first kappa shape index (κ1) is 15.4. The van der Waals surface area contributed by atoms with Crippen molar-refractivity contribution < 1.29 is 18.9 Å². The number of benzene rings is 2. The molecule has 4 nitrogen and oxygen atoms in total. The first-order valence-corrected chi connectivity index (χ1v) is 6.54. The lowest BCUT2D eigenvalue weighted by Gasteiger charge is -2.09. The van der Waals surface area contributed by atoms with Gasteiger partial charge in [0.15, 0.2) is 0 Å². The van der Waals surface area contributed by atoms with E-state index in [4.69, 9.17) is 32.5 Å². The number of carbonyl (C=O) groups is 2. The Bertz CT molecular complexity index is 619. The van der Waals surface area contributed by atoms with E-state index >= 15 is 0 Å². The van der Waals surface area contributed by atoms with Crippen molar-refractivity contribution in [2.24, 2.45) is 0 Å². The Labute approximate surface area is 131 Å². The van der Waals surface area contributed by atoms with Crippen LogP contribution in [0, 0.1) is 0 Å². The summed E-state index contributed by atoms with van der Waals surface area (Å²) in [5, 5.41) is 0.654. The van der Waals surface area contributed by atoms with Gasteiger partial charge in [0.2, 0.25) is 0 Å². The van der Waals surface area contributed by atoms with E-state index in [0.29, 0.717) is 33.7 Å². The fourth-order valence-corrected chi connectivity index (χ4v) is 1.82. The third-order valence-corrected chi connectivity index (χ3v) is 3.16. The highest BCUT2D eigenvalue weighted by atomic mass is 35.5. The van der Waals surface area contributed by atoms with Crippen molar-refractivity contribution in [1.82, 2.24) is 0 Å². The van der Waals surface area contributed by atoms with E-state index in [-0.39, 0.29) is 11.5 Å². The van der Waals surface area contributed by atoms with Gasteiger partial charge in [-0.15, -0.1) is 0 Å². The molecule has 0 bridgehead atoms. The van der Waals surface area contributed by atoms with Gasteiger partial charge in [-0.25, -0.2) is 0 Å². The second-order valence-corrected chi connectivity index (χ2v) is 4.76. The van der Waals surface area contributed by atoms with Gasteiger partial charge in [-0.2, -0.15) is 0 Å². The van der Waals surface area contributed by atoms with Gasteiger partial charge in [-0.1, -0.05) is 23.2 Å². The molecule has 105 valence electrons. The topological polar surface area (TPSA) is 52.6 Å². The van der Waals surface area contributed by atoms with Crippen LogP contribution in [0.3, 0.4) is 0 Å². The minimum absolute atomic E-state index is 0.268. The number of hydrogen-bond acceptors (Lipinski definition) is 4. The van der Waals surface area contributed by atoms with Crippen LogP contribution in [0.25, 0.3) is 0 Å². The standard InChI is InChI=1S/C14H8BCl2O4/c16-11-3-1-9(7-18)5-13(11)20-15-21-14-6-10(8-19)2-4-12(14)17/h1-8H. The first-order valence-electron chi connectivity index (χ1n) is 5.78. The summed E-state index contributed by atoms with van der Waals surface area (Å²) in [7, 11) is 1.02. The minimum Gasteiger partial charge on any atom is -0.525 e. The summed E-state index contributed by atoms with van der Waals surface area (Å²) in [6.45, 7) is 0. The van der Waals surface area contributed by atoms with Crippen molar-refractivity contribution in [3.8, 4) is 11.5 Å². The fourth-order valence-electron chi connectivity index (χ4n) is 1.49. The molecule has 2 aromatic carbocycles. The van der Waals surface area contributed by atoms with Crippen LogP contribution in [0.2, 0.25) is 10.0 Å². The molecule has 0 unspecified atom stereocenters. The molecule has 1 radical (unpaired) electrons. The second-order valence-electron chi connectivity index (χ2n) is 3.95. The monoisotopic (exact) mass is 321 g/mol. The van der Waals surface area contributed by atoms with Crippen LogP contribution in [0.1, 0.15) is 20.7 Å². The van der Waals surface area contributed by atoms with E-state index in [1.165, 1.54) is 24.3 Å². The summed E-state index contributed by atoms with van der Waals surface area (Å²) < 4.78 is 10.5. The van der Waals surface area contributed by atoms with E-state index in [1.807, 2.05) is 0 Å². The Kier molecular flexibility index (Phi) is 5.25. The fraction of sp³-hybridized carbons (Fsp3) is 0. The molecule has 0 atom stereocenters. The smallest absolute Gasteiger partial charge is 0.525 e. The Morgan fingerprint density at radius 1 is 0.810 bits per heavy atom. The highest BCUT2D eigenvalue weighted by Gasteiger charge is 2.09. The van der Waals surface area contributed by atoms with E-state index in [2.05, 4.69) is 0 Å². The molecule has 0 aliphatic carbocycles. The molecular weight excluding hydrogens is 314 g/mol. The third kappa shape index (κ3) is 4.00. The summed E-state index contributed by atoms with van der Waals surface area (Å²) in [4.78, 5) is 21.4. The van der Waals surface area contributed by atoms with Crippen LogP contribution in [0.5, 0.6) is 11.5 Å². The minimum atomic E-state index is 0.268. The normalized spacial score (nSPS) is 9.81.